The van der Waals surface area contributed by atoms with E-state index in [1.807, 2.05) is 0 Å². The number of rotatable bonds is 3. The summed E-state index contributed by atoms with van der Waals surface area (Å²) in [6, 6.07) is 17.2. The van der Waals surface area contributed by atoms with Crippen LogP contribution in [0.4, 0.5) is 0 Å². The molecule has 0 saturated heterocycles. The zero-order valence-corrected chi connectivity index (χ0v) is 12.5. The fraction of sp³-hybridized carbons (Fsp3) is 0.263. The van der Waals surface area contributed by atoms with E-state index in [-0.39, 0.29) is 0 Å². The van der Waals surface area contributed by atoms with Crippen LogP contribution in [0.2, 0.25) is 0 Å². The van der Waals surface area contributed by atoms with Crippen molar-refractivity contribution >= 4 is 5.76 Å². The standard InChI is InChI=1S/C19H19NO2/c1-2-4-15(5-3-1)11-20-12-17-7-6-16(10-18(17)13-20)19-14-21-8-9-22-19/h1-7,10,14H,8-9,11-13H2. The first kappa shape index (κ1) is 13.4. The molecule has 0 amide bonds. The van der Waals surface area contributed by atoms with Crippen LogP contribution in [0, 0.1) is 0 Å². The third-order valence-electron chi connectivity index (χ3n) is 4.18. The predicted molar refractivity (Wildman–Crippen MR) is 85.7 cm³/mol. The monoisotopic (exact) mass is 293 g/mol. The second kappa shape index (κ2) is 5.85. The van der Waals surface area contributed by atoms with Gasteiger partial charge < -0.3 is 9.47 Å². The van der Waals surface area contributed by atoms with Gasteiger partial charge >= 0.3 is 0 Å². The van der Waals surface area contributed by atoms with Gasteiger partial charge in [-0.25, -0.2) is 0 Å². The van der Waals surface area contributed by atoms with Crippen molar-refractivity contribution in [2.75, 3.05) is 13.2 Å². The lowest BCUT2D eigenvalue weighted by Gasteiger charge is -2.16. The van der Waals surface area contributed by atoms with E-state index in [0.29, 0.717) is 13.2 Å². The molecule has 0 spiro atoms. The van der Waals surface area contributed by atoms with Crippen LogP contribution in [0.15, 0.2) is 54.8 Å². The lowest BCUT2D eigenvalue weighted by Crippen LogP contribution is -2.15. The Balaban J connectivity index is 1.50. The van der Waals surface area contributed by atoms with Crippen molar-refractivity contribution in [1.29, 1.82) is 0 Å². The third kappa shape index (κ3) is 2.72. The van der Waals surface area contributed by atoms with Crippen molar-refractivity contribution in [3.63, 3.8) is 0 Å². The normalized spacial score (nSPS) is 17.4. The molecule has 112 valence electrons. The number of hydrogen-bond acceptors (Lipinski definition) is 3. The maximum absolute atomic E-state index is 5.67. The molecule has 0 aromatic heterocycles. The van der Waals surface area contributed by atoms with Gasteiger partial charge in [-0.05, 0) is 22.8 Å². The molecule has 22 heavy (non-hydrogen) atoms. The van der Waals surface area contributed by atoms with Gasteiger partial charge in [0.15, 0.2) is 5.76 Å². The maximum Gasteiger partial charge on any atom is 0.161 e. The van der Waals surface area contributed by atoms with E-state index in [9.17, 15) is 0 Å². The summed E-state index contributed by atoms with van der Waals surface area (Å²) in [7, 11) is 0. The first-order chi connectivity index (χ1) is 10.9. The summed E-state index contributed by atoms with van der Waals surface area (Å²) in [6.07, 6.45) is 1.72. The number of ether oxygens (including phenoxy) is 2. The quantitative estimate of drug-likeness (QED) is 0.864. The van der Waals surface area contributed by atoms with Crippen LogP contribution in [-0.2, 0) is 29.1 Å². The molecule has 2 aromatic rings. The van der Waals surface area contributed by atoms with E-state index in [4.69, 9.17) is 9.47 Å². The minimum Gasteiger partial charge on any atom is -0.494 e. The summed E-state index contributed by atoms with van der Waals surface area (Å²) in [5.74, 6) is 0.843. The zero-order valence-electron chi connectivity index (χ0n) is 12.5. The first-order valence-electron chi connectivity index (χ1n) is 7.71. The highest BCUT2D eigenvalue weighted by atomic mass is 16.6. The van der Waals surface area contributed by atoms with Gasteiger partial charge in [0, 0.05) is 25.2 Å². The van der Waals surface area contributed by atoms with Crippen LogP contribution < -0.4 is 0 Å². The van der Waals surface area contributed by atoms with Crippen LogP contribution in [0.1, 0.15) is 22.3 Å². The molecule has 0 saturated carbocycles. The van der Waals surface area contributed by atoms with Gasteiger partial charge in [0.05, 0.1) is 0 Å². The van der Waals surface area contributed by atoms with Gasteiger partial charge in [-0.1, -0.05) is 42.5 Å². The van der Waals surface area contributed by atoms with Crippen LogP contribution in [0.5, 0.6) is 0 Å². The minimum atomic E-state index is 0.628. The number of fused-ring (bicyclic) bond motifs is 1. The summed E-state index contributed by atoms with van der Waals surface area (Å²) >= 11 is 0. The highest BCUT2D eigenvalue weighted by molar-refractivity contribution is 5.61. The molecular weight excluding hydrogens is 274 g/mol. The molecule has 2 heterocycles. The lowest BCUT2D eigenvalue weighted by atomic mass is 10.1. The molecule has 3 nitrogen and oxygen atoms in total. The Hall–Kier alpha value is -2.26. The molecule has 0 unspecified atom stereocenters. The van der Waals surface area contributed by atoms with E-state index < -0.39 is 0 Å². The summed E-state index contributed by atoms with van der Waals surface area (Å²) in [4.78, 5) is 2.47. The topological polar surface area (TPSA) is 21.7 Å². The van der Waals surface area contributed by atoms with E-state index >= 15 is 0 Å². The summed E-state index contributed by atoms with van der Waals surface area (Å²) in [5.41, 5.74) is 5.28. The van der Waals surface area contributed by atoms with Crippen molar-refractivity contribution in [2.24, 2.45) is 0 Å². The molecule has 2 aliphatic rings. The Morgan fingerprint density at radius 2 is 1.77 bits per heavy atom. The molecule has 2 aliphatic heterocycles. The van der Waals surface area contributed by atoms with Crippen LogP contribution in [0.25, 0.3) is 5.76 Å². The maximum atomic E-state index is 5.67. The number of nitrogens with zero attached hydrogens (tertiary/aromatic N) is 1. The number of hydrogen-bond donors (Lipinski definition) is 0. The Bertz CT molecular complexity index is 694. The summed E-state index contributed by atoms with van der Waals surface area (Å²) in [5, 5.41) is 0. The summed E-state index contributed by atoms with van der Waals surface area (Å²) < 4.78 is 11.0. The van der Waals surface area contributed by atoms with Crippen molar-refractivity contribution in [3.8, 4) is 0 Å². The van der Waals surface area contributed by atoms with Crippen molar-refractivity contribution in [3.05, 3.63) is 77.0 Å². The molecule has 0 atom stereocenters. The number of benzene rings is 2. The Morgan fingerprint density at radius 3 is 2.59 bits per heavy atom. The van der Waals surface area contributed by atoms with Crippen LogP contribution in [0.3, 0.4) is 0 Å². The minimum absolute atomic E-state index is 0.628. The fourth-order valence-corrected chi connectivity index (χ4v) is 3.09. The van der Waals surface area contributed by atoms with E-state index in [1.54, 1.807) is 6.26 Å². The molecule has 2 aromatic carbocycles. The summed E-state index contributed by atoms with van der Waals surface area (Å²) in [6.45, 7) is 4.27. The molecule has 4 rings (SSSR count). The lowest BCUT2D eigenvalue weighted by molar-refractivity contribution is 0.125. The second-order valence-electron chi connectivity index (χ2n) is 5.82. The second-order valence-corrected chi connectivity index (χ2v) is 5.82. The third-order valence-corrected chi connectivity index (χ3v) is 4.18. The van der Waals surface area contributed by atoms with Crippen molar-refractivity contribution in [2.45, 2.75) is 19.6 Å². The van der Waals surface area contributed by atoms with Gasteiger partial charge in [0.25, 0.3) is 0 Å². The van der Waals surface area contributed by atoms with Gasteiger partial charge in [-0.2, -0.15) is 0 Å². The predicted octanol–water partition coefficient (Wildman–Crippen LogP) is 3.55. The zero-order chi connectivity index (χ0) is 14.8. The van der Waals surface area contributed by atoms with Gasteiger partial charge in [-0.15, -0.1) is 0 Å². The molecule has 0 bridgehead atoms. The highest BCUT2D eigenvalue weighted by Gasteiger charge is 2.20. The van der Waals surface area contributed by atoms with Crippen molar-refractivity contribution in [1.82, 2.24) is 4.90 Å². The molecule has 0 fully saturated rings. The molecular formula is C19H19NO2. The van der Waals surface area contributed by atoms with Crippen LogP contribution >= 0.6 is 0 Å². The molecule has 3 heteroatoms. The van der Waals surface area contributed by atoms with Crippen LogP contribution in [-0.4, -0.2) is 18.1 Å². The Morgan fingerprint density at radius 1 is 0.909 bits per heavy atom. The van der Waals surface area contributed by atoms with E-state index in [2.05, 4.69) is 53.4 Å². The Kier molecular flexibility index (Phi) is 3.57. The highest BCUT2D eigenvalue weighted by Crippen LogP contribution is 2.28. The van der Waals surface area contributed by atoms with Gasteiger partial charge in [0.1, 0.15) is 19.5 Å². The SMILES string of the molecule is C1=C(c2ccc3c(c2)CN(Cc2ccccc2)C3)OCCO1. The first-order valence-corrected chi connectivity index (χ1v) is 7.71. The molecule has 0 N–H and O–H groups in total. The smallest absolute Gasteiger partial charge is 0.161 e. The average Bonchev–Trinajstić information content (AvgIpc) is 2.98. The van der Waals surface area contributed by atoms with E-state index in [0.717, 1.165) is 31.0 Å². The Labute approximate surface area is 130 Å². The fourth-order valence-electron chi connectivity index (χ4n) is 3.09. The van der Waals surface area contributed by atoms with Crippen molar-refractivity contribution < 1.29 is 9.47 Å². The van der Waals surface area contributed by atoms with Gasteiger partial charge in [0.2, 0.25) is 0 Å². The van der Waals surface area contributed by atoms with Gasteiger partial charge in [-0.3, -0.25) is 4.90 Å². The largest absolute Gasteiger partial charge is 0.494 e. The average molecular weight is 293 g/mol. The molecule has 0 aliphatic carbocycles. The molecule has 0 radical (unpaired) electrons. The van der Waals surface area contributed by atoms with E-state index in [1.165, 1.54) is 16.7 Å².